The number of alkyl carbamates (subject to hydrolysis) is 1. The number of benzene rings is 2. The number of nitrogens with one attached hydrogen (secondary N) is 2. The molecule has 0 bridgehead atoms. The Labute approximate surface area is 337 Å². The van der Waals surface area contributed by atoms with Gasteiger partial charge in [0, 0.05) is 19.6 Å². The Balaban J connectivity index is 1.11. The number of fused-ring (bicyclic) bond motifs is 1. The zero-order chi connectivity index (χ0) is 39.6. The first-order valence-corrected chi connectivity index (χ1v) is 21.9. The molecule has 1 saturated heterocycles. The standard InChI is InChI=1S/C46H62N4O7/c1-31-20-22-33(23-21-31)26-39(42(51)44-48-37-18-10-11-19-41(37)57-44)47-43(52)40-27-36(55-29-34-14-6-3-7-15-34)28-50(40)45(53)38(25-24-32-12-4-2-5-13-32)49-46(54)56-30-35-16-8-9-17-35/h2,4-5,10-13,18-19,31,33-36,38-40H,3,6-9,14-17,20-30H2,1H3,(H,47,52)(H,49,54)/t31?,33?,36-,38-,39+,40+/m1/s1. The third-order valence-electron chi connectivity index (χ3n) is 13.1. The van der Waals surface area contributed by atoms with Gasteiger partial charge in [0.1, 0.15) is 17.6 Å². The van der Waals surface area contributed by atoms with Crippen molar-refractivity contribution in [1.29, 1.82) is 0 Å². The molecule has 2 aromatic carbocycles. The maximum Gasteiger partial charge on any atom is 0.407 e. The van der Waals surface area contributed by atoms with E-state index in [4.69, 9.17) is 13.9 Å². The lowest BCUT2D eigenvalue weighted by molar-refractivity contribution is -0.140. The highest BCUT2D eigenvalue weighted by molar-refractivity contribution is 6.01. The third kappa shape index (κ3) is 11.2. The quantitative estimate of drug-likeness (QED) is 0.139. The molecule has 11 heteroatoms. The zero-order valence-corrected chi connectivity index (χ0v) is 33.7. The summed E-state index contributed by atoms with van der Waals surface area (Å²) in [6.45, 7) is 3.39. The van der Waals surface area contributed by atoms with Crippen LogP contribution in [-0.4, -0.2) is 77.6 Å². The Morgan fingerprint density at radius 1 is 0.789 bits per heavy atom. The van der Waals surface area contributed by atoms with Crippen molar-refractivity contribution in [2.75, 3.05) is 19.8 Å². The largest absolute Gasteiger partial charge is 0.449 e. The lowest BCUT2D eigenvalue weighted by Crippen LogP contribution is -2.55. The molecule has 2 N–H and O–H groups in total. The van der Waals surface area contributed by atoms with Crippen molar-refractivity contribution < 1.29 is 33.1 Å². The predicted octanol–water partition coefficient (Wildman–Crippen LogP) is 8.20. The fourth-order valence-electron chi connectivity index (χ4n) is 9.53. The van der Waals surface area contributed by atoms with Crippen LogP contribution in [0.5, 0.6) is 0 Å². The summed E-state index contributed by atoms with van der Waals surface area (Å²) in [7, 11) is 0. The third-order valence-corrected chi connectivity index (χ3v) is 13.1. The van der Waals surface area contributed by atoms with E-state index in [1.165, 1.54) is 19.3 Å². The Kier molecular flexibility index (Phi) is 14.3. The lowest BCUT2D eigenvalue weighted by atomic mass is 9.79. The number of ether oxygens (including phenoxy) is 2. The first-order valence-electron chi connectivity index (χ1n) is 21.9. The molecule has 0 unspecified atom stereocenters. The van der Waals surface area contributed by atoms with E-state index in [0.29, 0.717) is 67.8 Å². The van der Waals surface area contributed by atoms with Gasteiger partial charge in [0.15, 0.2) is 5.58 Å². The van der Waals surface area contributed by atoms with Gasteiger partial charge in [-0.25, -0.2) is 9.78 Å². The molecule has 3 saturated carbocycles. The van der Waals surface area contributed by atoms with E-state index in [0.717, 1.165) is 69.8 Å². The topological polar surface area (TPSA) is 140 Å². The predicted molar refractivity (Wildman–Crippen MR) is 217 cm³/mol. The summed E-state index contributed by atoms with van der Waals surface area (Å²) in [6.07, 6.45) is 15.0. The van der Waals surface area contributed by atoms with Crippen molar-refractivity contribution in [2.45, 2.75) is 140 Å². The van der Waals surface area contributed by atoms with Gasteiger partial charge < -0.3 is 29.4 Å². The van der Waals surface area contributed by atoms with Crippen LogP contribution >= 0.6 is 0 Å². The number of carbonyl (C=O) groups excluding carboxylic acids is 4. The van der Waals surface area contributed by atoms with Crippen LogP contribution < -0.4 is 10.6 Å². The molecule has 7 rings (SSSR count). The first-order chi connectivity index (χ1) is 27.8. The van der Waals surface area contributed by atoms with Crippen molar-refractivity contribution in [3.8, 4) is 0 Å². The van der Waals surface area contributed by atoms with E-state index < -0.39 is 30.1 Å². The number of para-hydroxylation sites is 2. The molecule has 4 atom stereocenters. The molecule has 3 amide bonds. The number of likely N-dealkylation sites (tertiary alicyclic amines) is 1. The first kappa shape index (κ1) is 40.9. The number of rotatable bonds is 16. The molecule has 11 nitrogen and oxygen atoms in total. The normalized spacial score (nSPS) is 24.3. The van der Waals surface area contributed by atoms with Crippen LogP contribution in [0.3, 0.4) is 0 Å². The molecule has 0 spiro atoms. The van der Waals surface area contributed by atoms with Crippen LogP contribution in [-0.2, 0) is 25.5 Å². The van der Waals surface area contributed by atoms with Gasteiger partial charge in [0.2, 0.25) is 17.6 Å². The van der Waals surface area contributed by atoms with Crippen molar-refractivity contribution >= 4 is 34.8 Å². The summed E-state index contributed by atoms with van der Waals surface area (Å²) in [5, 5.41) is 6.01. The molecule has 1 aliphatic heterocycles. The zero-order valence-electron chi connectivity index (χ0n) is 33.7. The number of aryl methyl sites for hydroxylation is 1. The van der Waals surface area contributed by atoms with Gasteiger partial charge in [0.05, 0.1) is 18.8 Å². The molecule has 308 valence electrons. The second kappa shape index (κ2) is 19.9. The van der Waals surface area contributed by atoms with Crippen LogP contribution in [0.2, 0.25) is 0 Å². The number of nitrogens with zero attached hydrogens (tertiary/aromatic N) is 2. The summed E-state index contributed by atoms with van der Waals surface area (Å²) >= 11 is 0. The Bertz CT molecular complexity index is 1740. The van der Waals surface area contributed by atoms with E-state index >= 15 is 0 Å². The Morgan fingerprint density at radius 2 is 1.47 bits per heavy atom. The Hall–Kier alpha value is -4.25. The molecule has 57 heavy (non-hydrogen) atoms. The number of carbonyl (C=O) groups is 4. The minimum absolute atomic E-state index is 0.0278. The van der Waals surface area contributed by atoms with Crippen molar-refractivity contribution in [3.63, 3.8) is 0 Å². The maximum absolute atomic E-state index is 14.7. The summed E-state index contributed by atoms with van der Waals surface area (Å²) < 4.78 is 18.1. The van der Waals surface area contributed by atoms with Gasteiger partial charge >= 0.3 is 6.09 Å². The molecule has 1 aromatic heterocycles. The van der Waals surface area contributed by atoms with Crippen LogP contribution in [0.15, 0.2) is 59.0 Å². The smallest absolute Gasteiger partial charge is 0.407 e. The highest BCUT2D eigenvalue weighted by atomic mass is 16.5. The molecule has 3 aliphatic carbocycles. The monoisotopic (exact) mass is 782 g/mol. The van der Waals surface area contributed by atoms with Crippen LogP contribution in [0.25, 0.3) is 11.1 Å². The maximum atomic E-state index is 14.7. The van der Waals surface area contributed by atoms with Crippen molar-refractivity contribution in [3.05, 3.63) is 66.1 Å². The lowest BCUT2D eigenvalue weighted by Gasteiger charge is -2.31. The number of aromatic nitrogens is 1. The highest BCUT2D eigenvalue weighted by Crippen LogP contribution is 2.33. The van der Waals surface area contributed by atoms with E-state index in [2.05, 4.69) is 22.5 Å². The van der Waals surface area contributed by atoms with Crippen LogP contribution in [0, 0.1) is 23.7 Å². The van der Waals surface area contributed by atoms with Crippen molar-refractivity contribution in [1.82, 2.24) is 20.5 Å². The number of Topliss-reactive ketones (excluding diaryl/α,β-unsaturated/α-hetero) is 1. The molecular weight excluding hydrogens is 721 g/mol. The fourth-order valence-corrected chi connectivity index (χ4v) is 9.53. The summed E-state index contributed by atoms with van der Waals surface area (Å²) in [5.74, 6) is 0.537. The molecule has 0 radical (unpaired) electrons. The SMILES string of the molecule is CC1CCC(C[C@H](NC(=O)[C@@H]2C[C@@H](OCC3CCCCC3)CN2C(=O)[C@@H](CCc2ccccc2)NC(=O)OCC2CCCC2)C(=O)c2nc3ccccc3o2)CC1. The van der Waals surface area contributed by atoms with Gasteiger partial charge in [-0.1, -0.05) is 107 Å². The average molecular weight is 783 g/mol. The van der Waals surface area contributed by atoms with Crippen LogP contribution in [0.4, 0.5) is 4.79 Å². The van der Waals surface area contributed by atoms with Gasteiger partial charge in [-0.05, 0) is 86.3 Å². The van der Waals surface area contributed by atoms with E-state index in [9.17, 15) is 19.2 Å². The van der Waals surface area contributed by atoms with E-state index in [1.54, 1.807) is 17.0 Å². The number of hydrogen-bond acceptors (Lipinski definition) is 8. The van der Waals surface area contributed by atoms with Gasteiger partial charge in [-0.15, -0.1) is 0 Å². The van der Waals surface area contributed by atoms with E-state index in [1.807, 2.05) is 42.5 Å². The minimum atomic E-state index is -0.921. The van der Waals surface area contributed by atoms with Gasteiger partial charge in [-0.2, -0.15) is 0 Å². The number of hydrogen-bond donors (Lipinski definition) is 2. The van der Waals surface area contributed by atoms with Gasteiger partial charge in [-0.3, -0.25) is 14.4 Å². The second-order valence-corrected chi connectivity index (χ2v) is 17.4. The fraction of sp³-hybridized carbons (Fsp3) is 0.630. The minimum Gasteiger partial charge on any atom is -0.449 e. The molecule has 3 aromatic rings. The number of ketones is 1. The summed E-state index contributed by atoms with van der Waals surface area (Å²) in [5.41, 5.74) is 2.14. The second-order valence-electron chi connectivity index (χ2n) is 17.4. The molecular formula is C46H62N4O7. The number of oxazole rings is 1. The molecule has 4 aliphatic rings. The number of amides is 3. The van der Waals surface area contributed by atoms with E-state index in [-0.39, 0.29) is 36.1 Å². The van der Waals surface area contributed by atoms with Gasteiger partial charge in [0.25, 0.3) is 5.89 Å². The average Bonchev–Trinajstić information content (AvgIpc) is 4.02. The van der Waals surface area contributed by atoms with Crippen molar-refractivity contribution in [2.24, 2.45) is 23.7 Å². The highest BCUT2D eigenvalue weighted by Gasteiger charge is 2.44. The summed E-state index contributed by atoms with van der Waals surface area (Å²) in [4.78, 5) is 62.9. The Morgan fingerprint density at radius 3 is 2.21 bits per heavy atom. The molecule has 4 fully saturated rings. The summed E-state index contributed by atoms with van der Waals surface area (Å²) in [6, 6.07) is 14.4. The molecule has 2 heterocycles. The van der Waals surface area contributed by atoms with Crippen LogP contribution in [0.1, 0.15) is 126 Å².